The van der Waals surface area contributed by atoms with E-state index < -0.39 is 0 Å². The van der Waals surface area contributed by atoms with Crippen molar-refractivity contribution in [1.29, 1.82) is 0 Å². The SMILES string of the molecule is CC(C)NC1(CO)CCCC(N2CCCCCC2)C1. The fraction of sp³-hybridized carbons (Fsp3) is 1.00. The quantitative estimate of drug-likeness (QED) is 0.822. The van der Waals surface area contributed by atoms with E-state index in [2.05, 4.69) is 24.1 Å². The van der Waals surface area contributed by atoms with Gasteiger partial charge in [0.25, 0.3) is 0 Å². The fourth-order valence-electron chi connectivity index (χ4n) is 4.04. The minimum Gasteiger partial charge on any atom is -0.394 e. The highest BCUT2D eigenvalue weighted by Crippen LogP contribution is 2.32. The molecule has 2 N–H and O–H groups in total. The first-order valence-electron chi connectivity index (χ1n) is 8.28. The highest BCUT2D eigenvalue weighted by atomic mass is 16.3. The van der Waals surface area contributed by atoms with E-state index in [0.717, 1.165) is 12.8 Å². The van der Waals surface area contributed by atoms with Crippen LogP contribution in [0.5, 0.6) is 0 Å². The molecule has 2 aliphatic rings. The van der Waals surface area contributed by atoms with Gasteiger partial charge in [0.2, 0.25) is 0 Å². The predicted octanol–water partition coefficient (Wildman–Crippen LogP) is 2.53. The number of aliphatic hydroxyl groups excluding tert-OH is 1. The second kappa shape index (κ2) is 7.05. The van der Waals surface area contributed by atoms with Crippen molar-refractivity contribution in [2.24, 2.45) is 0 Å². The molecule has 0 spiro atoms. The zero-order chi connectivity index (χ0) is 13.7. The summed E-state index contributed by atoms with van der Waals surface area (Å²) in [7, 11) is 0. The van der Waals surface area contributed by atoms with Crippen molar-refractivity contribution < 1.29 is 5.11 Å². The second-order valence-corrected chi connectivity index (χ2v) is 6.94. The molecule has 0 aromatic heterocycles. The van der Waals surface area contributed by atoms with Gasteiger partial charge in [-0.15, -0.1) is 0 Å². The van der Waals surface area contributed by atoms with E-state index in [4.69, 9.17) is 0 Å². The molecule has 19 heavy (non-hydrogen) atoms. The number of likely N-dealkylation sites (tertiary alicyclic amines) is 1. The number of hydrogen-bond donors (Lipinski definition) is 2. The van der Waals surface area contributed by atoms with Crippen LogP contribution >= 0.6 is 0 Å². The van der Waals surface area contributed by atoms with Gasteiger partial charge in [-0.1, -0.05) is 26.7 Å². The minimum absolute atomic E-state index is 0.0244. The lowest BCUT2D eigenvalue weighted by Gasteiger charge is -2.45. The van der Waals surface area contributed by atoms with Crippen LogP contribution in [0.15, 0.2) is 0 Å². The van der Waals surface area contributed by atoms with Crippen LogP contribution in [0.3, 0.4) is 0 Å². The molecule has 1 aliphatic carbocycles. The minimum atomic E-state index is -0.0244. The first-order chi connectivity index (χ1) is 9.15. The Bertz CT molecular complexity index is 261. The summed E-state index contributed by atoms with van der Waals surface area (Å²) in [6.45, 7) is 7.21. The Hall–Kier alpha value is -0.120. The Balaban J connectivity index is 1.97. The highest BCUT2D eigenvalue weighted by Gasteiger charge is 2.38. The molecule has 0 aromatic rings. The number of nitrogens with zero attached hydrogens (tertiary/aromatic N) is 1. The lowest BCUT2D eigenvalue weighted by atomic mass is 9.78. The van der Waals surface area contributed by atoms with Crippen molar-refractivity contribution in [1.82, 2.24) is 10.2 Å². The molecule has 112 valence electrons. The summed E-state index contributed by atoms with van der Waals surface area (Å²) in [6.07, 6.45) is 10.4. The molecule has 1 aliphatic heterocycles. The third-order valence-corrected chi connectivity index (χ3v) is 4.87. The van der Waals surface area contributed by atoms with Gasteiger partial charge < -0.3 is 15.3 Å². The summed E-state index contributed by atoms with van der Waals surface area (Å²) in [5.41, 5.74) is -0.0244. The largest absolute Gasteiger partial charge is 0.394 e. The smallest absolute Gasteiger partial charge is 0.0613 e. The van der Waals surface area contributed by atoms with Gasteiger partial charge in [-0.05, 0) is 51.6 Å². The van der Waals surface area contributed by atoms with E-state index in [0.29, 0.717) is 12.1 Å². The Morgan fingerprint density at radius 1 is 1.16 bits per heavy atom. The Kier molecular flexibility index (Phi) is 5.67. The molecule has 2 atom stereocenters. The molecule has 1 heterocycles. The Labute approximate surface area is 118 Å². The van der Waals surface area contributed by atoms with Crippen LogP contribution in [0.2, 0.25) is 0 Å². The maximum Gasteiger partial charge on any atom is 0.0613 e. The molecule has 1 saturated carbocycles. The summed E-state index contributed by atoms with van der Waals surface area (Å²) in [4.78, 5) is 2.71. The van der Waals surface area contributed by atoms with Gasteiger partial charge in [0.15, 0.2) is 0 Å². The van der Waals surface area contributed by atoms with Gasteiger partial charge in [0.05, 0.1) is 6.61 Å². The van der Waals surface area contributed by atoms with Crippen molar-refractivity contribution in [2.45, 2.75) is 82.8 Å². The highest BCUT2D eigenvalue weighted by molar-refractivity contribution is 4.97. The van der Waals surface area contributed by atoms with Crippen LogP contribution in [0.25, 0.3) is 0 Å². The standard InChI is InChI=1S/C16H32N2O/c1-14(2)17-16(13-19)9-7-8-15(12-16)18-10-5-3-4-6-11-18/h14-15,17,19H,3-13H2,1-2H3. The molecule has 3 nitrogen and oxygen atoms in total. The molecule has 1 saturated heterocycles. The molecule has 3 heteroatoms. The second-order valence-electron chi connectivity index (χ2n) is 6.94. The molecule has 2 unspecified atom stereocenters. The maximum absolute atomic E-state index is 9.88. The van der Waals surface area contributed by atoms with Gasteiger partial charge in [-0.2, -0.15) is 0 Å². The summed E-state index contributed by atoms with van der Waals surface area (Å²) < 4.78 is 0. The van der Waals surface area contributed by atoms with Crippen molar-refractivity contribution in [2.75, 3.05) is 19.7 Å². The van der Waals surface area contributed by atoms with Gasteiger partial charge in [0.1, 0.15) is 0 Å². The van der Waals surface area contributed by atoms with Gasteiger partial charge in [-0.3, -0.25) is 0 Å². The van der Waals surface area contributed by atoms with E-state index in [-0.39, 0.29) is 12.1 Å². The number of nitrogens with one attached hydrogen (secondary N) is 1. The van der Waals surface area contributed by atoms with E-state index >= 15 is 0 Å². The molecule has 2 fully saturated rings. The van der Waals surface area contributed by atoms with Gasteiger partial charge >= 0.3 is 0 Å². The van der Waals surface area contributed by atoms with Gasteiger partial charge in [-0.25, -0.2) is 0 Å². The molecule has 0 radical (unpaired) electrons. The van der Waals surface area contributed by atoms with Gasteiger partial charge in [0, 0.05) is 17.6 Å². The molecular formula is C16H32N2O. The van der Waals surface area contributed by atoms with E-state index in [1.54, 1.807) is 0 Å². The number of rotatable bonds is 4. The third-order valence-electron chi connectivity index (χ3n) is 4.87. The topological polar surface area (TPSA) is 35.5 Å². The summed E-state index contributed by atoms with van der Waals surface area (Å²) in [5, 5.41) is 13.5. The van der Waals surface area contributed by atoms with Crippen molar-refractivity contribution >= 4 is 0 Å². The van der Waals surface area contributed by atoms with Crippen LogP contribution in [0.4, 0.5) is 0 Å². The van der Waals surface area contributed by atoms with Crippen molar-refractivity contribution in [3.05, 3.63) is 0 Å². The van der Waals surface area contributed by atoms with Crippen LogP contribution in [0.1, 0.15) is 65.2 Å². The molecule has 0 bridgehead atoms. The van der Waals surface area contributed by atoms with E-state index in [1.807, 2.05) is 0 Å². The fourth-order valence-corrected chi connectivity index (χ4v) is 4.04. The first-order valence-corrected chi connectivity index (χ1v) is 8.28. The number of hydrogen-bond acceptors (Lipinski definition) is 3. The monoisotopic (exact) mass is 268 g/mol. The zero-order valence-electron chi connectivity index (χ0n) is 12.8. The lowest BCUT2D eigenvalue weighted by Crippen LogP contribution is -2.57. The molecule has 0 amide bonds. The first kappa shape index (κ1) is 15.3. The Morgan fingerprint density at radius 2 is 1.84 bits per heavy atom. The lowest BCUT2D eigenvalue weighted by molar-refractivity contribution is 0.0554. The summed E-state index contributed by atoms with van der Waals surface area (Å²) in [5.74, 6) is 0. The van der Waals surface area contributed by atoms with Crippen LogP contribution in [0, 0.1) is 0 Å². The molecular weight excluding hydrogens is 236 g/mol. The van der Waals surface area contributed by atoms with Crippen LogP contribution in [-0.2, 0) is 0 Å². The number of aliphatic hydroxyl groups is 1. The summed E-state index contributed by atoms with van der Waals surface area (Å²) >= 11 is 0. The van der Waals surface area contributed by atoms with Crippen molar-refractivity contribution in [3.8, 4) is 0 Å². The predicted molar refractivity (Wildman–Crippen MR) is 80.4 cm³/mol. The average Bonchev–Trinajstić information content (AvgIpc) is 2.67. The average molecular weight is 268 g/mol. The van der Waals surface area contributed by atoms with E-state index in [1.165, 1.54) is 51.6 Å². The third kappa shape index (κ3) is 4.17. The van der Waals surface area contributed by atoms with Crippen molar-refractivity contribution in [3.63, 3.8) is 0 Å². The Morgan fingerprint density at radius 3 is 2.42 bits per heavy atom. The molecule has 0 aromatic carbocycles. The zero-order valence-corrected chi connectivity index (χ0v) is 12.8. The summed E-state index contributed by atoms with van der Waals surface area (Å²) in [6, 6.07) is 1.14. The molecule has 2 rings (SSSR count). The maximum atomic E-state index is 9.88. The van der Waals surface area contributed by atoms with Crippen LogP contribution in [-0.4, -0.2) is 47.3 Å². The van der Waals surface area contributed by atoms with E-state index in [9.17, 15) is 5.11 Å². The van der Waals surface area contributed by atoms with Crippen LogP contribution < -0.4 is 5.32 Å². The normalized spacial score (nSPS) is 34.4.